The molecular formula is C18H20N2O2S2. The van der Waals surface area contributed by atoms with E-state index in [4.69, 9.17) is 0 Å². The van der Waals surface area contributed by atoms with Gasteiger partial charge in [0.25, 0.3) is 0 Å². The SMILES string of the molecule is Cc1ccc(C)c(S(=O)(=O)NCCCc2nc3ccccc3s2)c1. The first-order valence-corrected chi connectivity index (χ1v) is 10.2. The van der Waals surface area contributed by atoms with Gasteiger partial charge in [-0.1, -0.05) is 24.3 Å². The number of hydrogen-bond acceptors (Lipinski definition) is 4. The molecule has 1 heterocycles. The Labute approximate surface area is 146 Å². The molecule has 126 valence electrons. The van der Waals surface area contributed by atoms with Crippen LogP contribution in [-0.2, 0) is 16.4 Å². The highest BCUT2D eigenvalue weighted by molar-refractivity contribution is 7.89. The highest BCUT2D eigenvalue weighted by Crippen LogP contribution is 2.22. The highest BCUT2D eigenvalue weighted by atomic mass is 32.2. The van der Waals surface area contributed by atoms with Gasteiger partial charge >= 0.3 is 0 Å². The van der Waals surface area contributed by atoms with E-state index in [2.05, 4.69) is 15.8 Å². The Balaban J connectivity index is 1.60. The van der Waals surface area contributed by atoms with Gasteiger partial charge in [0.1, 0.15) is 0 Å². The van der Waals surface area contributed by atoms with E-state index in [9.17, 15) is 8.42 Å². The molecule has 0 aliphatic carbocycles. The van der Waals surface area contributed by atoms with Crippen LogP contribution >= 0.6 is 11.3 Å². The second-order valence-electron chi connectivity index (χ2n) is 5.85. The van der Waals surface area contributed by atoms with E-state index in [1.165, 1.54) is 4.70 Å². The fourth-order valence-corrected chi connectivity index (χ4v) is 4.96. The summed E-state index contributed by atoms with van der Waals surface area (Å²) >= 11 is 1.67. The predicted molar refractivity (Wildman–Crippen MR) is 99.0 cm³/mol. The van der Waals surface area contributed by atoms with Crippen molar-refractivity contribution in [1.82, 2.24) is 9.71 Å². The molecule has 0 atom stereocenters. The Kier molecular flexibility index (Phi) is 4.99. The minimum atomic E-state index is -3.46. The van der Waals surface area contributed by atoms with Crippen LogP contribution in [0.3, 0.4) is 0 Å². The zero-order chi connectivity index (χ0) is 17.2. The van der Waals surface area contributed by atoms with E-state index < -0.39 is 10.0 Å². The van der Waals surface area contributed by atoms with Crippen molar-refractivity contribution in [2.75, 3.05) is 6.54 Å². The summed E-state index contributed by atoms with van der Waals surface area (Å²) in [4.78, 5) is 4.94. The van der Waals surface area contributed by atoms with Gasteiger partial charge in [-0.15, -0.1) is 11.3 Å². The van der Waals surface area contributed by atoms with Gasteiger partial charge in [-0.25, -0.2) is 18.1 Å². The van der Waals surface area contributed by atoms with Crippen molar-refractivity contribution in [2.45, 2.75) is 31.6 Å². The molecule has 4 nitrogen and oxygen atoms in total. The van der Waals surface area contributed by atoms with Crippen molar-refractivity contribution in [1.29, 1.82) is 0 Å². The molecule has 0 aliphatic rings. The molecule has 3 rings (SSSR count). The first kappa shape index (κ1) is 17.1. The lowest BCUT2D eigenvalue weighted by Crippen LogP contribution is -2.25. The van der Waals surface area contributed by atoms with Crippen LogP contribution in [0.1, 0.15) is 22.6 Å². The fraction of sp³-hybridized carbons (Fsp3) is 0.278. The minimum Gasteiger partial charge on any atom is -0.241 e. The number of thiazole rings is 1. The van der Waals surface area contributed by atoms with Crippen LogP contribution < -0.4 is 4.72 Å². The van der Waals surface area contributed by atoms with Crippen molar-refractivity contribution in [3.8, 4) is 0 Å². The molecule has 3 aromatic rings. The second kappa shape index (κ2) is 7.01. The molecule has 0 bridgehead atoms. The summed E-state index contributed by atoms with van der Waals surface area (Å²) in [7, 11) is -3.46. The Bertz CT molecular complexity index is 929. The van der Waals surface area contributed by atoms with Crippen molar-refractivity contribution >= 4 is 31.6 Å². The average Bonchev–Trinajstić information content (AvgIpc) is 2.96. The number of rotatable bonds is 6. The highest BCUT2D eigenvalue weighted by Gasteiger charge is 2.16. The molecule has 0 aliphatic heterocycles. The molecule has 0 saturated heterocycles. The standard InChI is InChI=1S/C18H20N2O2S2/c1-13-9-10-14(2)17(12-13)24(21,22)19-11-5-8-18-20-15-6-3-4-7-16(15)23-18/h3-4,6-7,9-10,12,19H,5,8,11H2,1-2H3. The summed E-state index contributed by atoms with van der Waals surface area (Å²) in [6.07, 6.45) is 1.50. The number of aryl methyl sites for hydroxylation is 3. The molecule has 0 unspecified atom stereocenters. The van der Waals surface area contributed by atoms with Crippen LogP contribution in [0.15, 0.2) is 47.4 Å². The predicted octanol–water partition coefficient (Wildman–Crippen LogP) is 3.82. The maximum Gasteiger partial charge on any atom is 0.240 e. The van der Waals surface area contributed by atoms with Gasteiger partial charge in [-0.05, 0) is 49.6 Å². The van der Waals surface area contributed by atoms with E-state index in [1.54, 1.807) is 17.4 Å². The van der Waals surface area contributed by atoms with Crippen molar-refractivity contribution in [3.63, 3.8) is 0 Å². The molecule has 0 amide bonds. The first-order chi connectivity index (χ1) is 11.5. The number of nitrogens with zero attached hydrogens (tertiary/aromatic N) is 1. The maximum atomic E-state index is 12.4. The van der Waals surface area contributed by atoms with Crippen LogP contribution in [0.4, 0.5) is 0 Å². The number of hydrogen-bond donors (Lipinski definition) is 1. The Morgan fingerprint density at radius 2 is 1.92 bits per heavy atom. The van der Waals surface area contributed by atoms with Gasteiger partial charge in [0.2, 0.25) is 10.0 Å². The lowest BCUT2D eigenvalue weighted by Gasteiger charge is -2.09. The molecule has 0 fully saturated rings. The number of fused-ring (bicyclic) bond motifs is 1. The Morgan fingerprint density at radius 3 is 2.71 bits per heavy atom. The maximum absolute atomic E-state index is 12.4. The Morgan fingerprint density at radius 1 is 1.12 bits per heavy atom. The van der Waals surface area contributed by atoms with E-state index in [0.29, 0.717) is 11.4 Å². The van der Waals surface area contributed by atoms with Gasteiger partial charge in [0.05, 0.1) is 20.1 Å². The summed E-state index contributed by atoms with van der Waals surface area (Å²) in [6, 6.07) is 13.5. The summed E-state index contributed by atoms with van der Waals surface area (Å²) in [5, 5.41) is 1.04. The lowest BCUT2D eigenvalue weighted by atomic mass is 10.2. The molecule has 0 saturated carbocycles. The van der Waals surface area contributed by atoms with Crippen LogP contribution in [0.25, 0.3) is 10.2 Å². The number of sulfonamides is 1. The molecule has 1 aromatic heterocycles. The summed E-state index contributed by atoms with van der Waals surface area (Å²) in [5.41, 5.74) is 2.71. The molecular weight excluding hydrogens is 340 g/mol. The van der Waals surface area contributed by atoms with E-state index in [-0.39, 0.29) is 0 Å². The van der Waals surface area contributed by atoms with Crippen LogP contribution in [-0.4, -0.2) is 19.9 Å². The number of aromatic nitrogens is 1. The first-order valence-electron chi connectivity index (χ1n) is 7.87. The summed E-state index contributed by atoms with van der Waals surface area (Å²) < 4.78 is 28.7. The molecule has 0 spiro atoms. The molecule has 6 heteroatoms. The smallest absolute Gasteiger partial charge is 0.240 e. The average molecular weight is 361 g/mol. The third kappa shape index (κ3) is 3.83. The molecule has 24 heavy (non-hydrogen) atoms. The second-order valence-corrected chi connectivity index (χ2v) is 8.70. The molecule has 0 radical (unpaired) electrons. The van der Waals surface area contributed by atoms with Crippen LogP contribution in [0, 0.1) is 13.8 Å². The zero-order valence-corrected chi connectivity index (χ0v) is 15.4. The van der Waals surface area contributed by atoms with Gasteiger partial charge < -0.3 is 0 Å². The topological polar surface area (TPSA) is 59.1 Å². The van der Waals surface area contributed by atoms with Crippen LogP contribution in [0.2, 0.25) is 0 Å². The number of nitrogens with one attached hydrogen (secondary N) is 1. The van der Waals surface area contributed by atoms with Crippen molar-refractivity contribution in [3.05, 3.63) is 58.6 Å². The quantitative estimate of drug-likeness (QED) is 0.680. The third-order valence-electron chi connectivity index (χ3n) is 3.83. The zero-order valence-electron chi connectivity index (χ0n) is 13.7. The Hall–Kier alpha value is -1.76. The van der Waals surface area contributed by atoms with Crippen molar-refractivity contribution in [2.24, 2.45) is 0 Å². The lowest BCUT2D eigenvalue weighted by molar-refractivity contribution is 0.578. The number of para-hydroxylation sites is 1. The van der Waals surface area contributed by atoms with E-state index in [1.807, 2.05) is 44.2 Å². The van der Waals surface area contributed by atoms with Gasteiger partial charge in [0.15, 0.2) is 0 Å². The third-order valence-corrected chi connectivity index (χ3v) is 6.53. The monoisotopic (exact) mass is 360 g/mol. The molecule has 2 aromatic carbocycles. The normalized spacial score (nSPS) is 11.9. The largest absolute Gasteiger partial charge is 0.241 e. The van der Waals surface area contributed by atoms with Crippen molar-refractivity contribution < 1.29 is 8.42 Å². The minimum absolute atomic E-state index is 0.363. The fourth-order valence-electron chi connectivity index (χ4n) is 2.55. The number of benzene rings is 2. The van der Waals surface area contributed by atoms with Crippen LogP contribution in [0.5, 0.6) is 0 Å². The van der Waals surface area contributed by atoms with Gasteiger partial charge in [-0.3, -0.25) is 0 Å². The molecule has 1 N–H and O–H groups in total. The summed E-state index contributed by atoms with van der Waals surface area (Å²) in [5.74, 6) is 0. The van der Waals surface area contributed by atoms with E-state index >= 15 is 0 Å². The van der Waals surface area contributed by atoms with E-state index in [0.717, 1.165) is 34.5 Å². The van der Waals surface area contributed by atoms with Gasteiger partial charge in [0, 0.05) is 13.0 Å². The van der Waals surface area contributed by atoms with Gasteiger partial charge in [-0.2, -0.15) is 0 Å². The summed E-state index contributed by atoms with van der Waals surface area (Å²) in [6.45, 7) is 4.12.